The number of amides is 1. The fourth-order valence-electron chi connectivity index (χ4n) is 2.31. The lowest BCUT2D eigenvalue weighted by atomic mass is 10.0. The SMILES string of the molecule is CC(=O)N1CCC2CC1CN2N. The van der Waals surface area contributed by atoms with Gasteiger partial charge in [-0.25, -0.2) is 5.01 Å². The van der Waals surface area contributed by atoms with Crippen LogP contribution in [0.5, 0.6) is 0 Å². The van der Waals surface area contributed by atoms with Crippen LogP contribution in [0.3, 0.4) is 0 Å². The standard InChI is InChI=1S/C8H15N3O/c1-6(12)10-3-2-7-4-8(10)5-11(7)9/h7-8H,2-5,9H2,1H3. The maximum absolute atomic E-state index is 11.2. The molecule has 4 heteroatoms. The molecule has 0 spiro atoms. The van der Waals surface area contributed by atoms with Gasteiger partial charge < -0.3 is 4.90 Å². The van der Waals surface area contributed by atoms with E-state index in [0.29, 0.717) is 12.1 Å². The van der Waals surface area contributed by atoms with Crippen LogP contribution in [0, 0.1) is 0 Å². The molecule has 68 valence electrons. The minimum atomic E-state index is 0.189. The zero-order valence-corrected chi connectivity index (χ0v) is 7.36. The zero-order valence-electron chi connectivity index (χ0n) is 7.36. The number of nitrogens with two attached hydrogens (primary N) is 1. The first-order valence-electron chi connectivity index (χ1n) is 4.47. The van der Waals surface area contributed by atoms with Crippen LogP contribution >= 0.6 is 0 Å². The van der Waals surface area contributed by atoms with E-state index >= 15 is 0 Å². The highest BCUT2D eigenvalue weighted by atomic mass is 16.2. The van der Waals surface area contributed by atoms with E-state index in [-0.39, 0.29) is 5.91 Å². The molecule has 0 aromatic heterocycles. The number of hydrogen-bond acceptors (Lipinski definition) is 3. The van der Waals surface area contributed by atoms with Crippen LogP contribution < -0.4 is 5.84 Å². The summed E-state index contributed by atoms with van der Waals surface area (Å²) < 4.78 is 0. The van der Waals surface area contributed by atoms with Crippen LogP contribution in [0.25, 0.3) is 0 Å². The number of hydrogen-bond donors (Lipinski definition) is 1. The lowest BCUT2D eigenvalue weighted by Crippen LogP contribution is -2.43. The number of carbonyl (C=O) groups is 1. The molecule has 2 saturated heterocycles. The van der Waals surface area contributed by atoms with Gasteiger partial charge in [0.15, 0.2) is 0 Å². The molecule has 2 unspecified atom stereocenters. The molecular weight excluding hydrogens is 154 g/mol. The van der Waals surface area contributed by atoms with Crippen LogP contribution in [-0.4, -0.2) is 41.0 Å². The van der Waals surface area contributed by atoms with Crippen LogP contribution in [0.1, 0.15) is 19.8 Å². The fraction of sp³-hybridized carbons (Fsp3) is 0.875. The molecule has 2 fully saturated rings. The number of rotatable bonds is 0. The molecule has 2 rings (SSSR count). The van der Waals surface area contributed by atoms with E-state index in [0.717, 1.165) is 25.9 Å². The zero-order chi connectivity index (χ0) is 8.72. The van der Waals surface area contributed by atoms with Crippen molar-refractivity contribution in [2.75, 3.05) is 13.1 Å². The van der Waals surface area contributed by atoms with Gasteiger partial charge in [0, 0.05) is 32.1 Å². The first-order valence-corrected chi connectivity index (χ1v) is 4.47. The number of likely N-dealkylation sites (tertiary alicyclic amines) is 1. The molecule has 2 heterocycles. The van der Waals surface area contributed by atoms with Gasteiger partial charge in [-0.15, -0.1) is 0 Å². The Labute approximate surface area is 72.3 Å². The number of fused-ring (bicyclic) bond motifs is 2. The summed E-state index contributed by atoms with van der Waals surface area (Å²) >= 11 is 0. The molecule has 0 aromatic rings. The summed E-state index contributed by atoms with van der Waals surface area (Å²) in [5, 5.41) is 1.88. The molecule has 2 N–H and O–H groups in total. The Balaban J connectivity index is 2.09. The Hall–Kier alpha value is -0.610. The number of nitrogens with zero attached hydrogens (tertiary/aromatic N) is 2. The summed E-state index contributed by atoms with van der Waals surface area (Å²) in [5.41, 5.74) is 0. The third-order valence-corrected chi connectivity index (χ3v) is 2.98. The van der Waals surface area contributed by atoms with Gasteiger partial charge in [-0.3, -0.25) is 10.6 Å². The molecule has 1 amide bonds. The van der Waals surface area contributed by atoms with E-state index < -0.39 is 0 Å². The van der Waals surface area contributed by atoms with Crippen molar-refractivity contribution in [2.45, 2.75) is 31.8 Å². The molecule has 12 heavy (non-hydrogen) atoms. The van der Waals surface area contributed by atoms with Crippen molar-refractivity contribution in [1.82, 2.24) is 9.91 Å². The van der Waals surface area contributed by atoms with Crippen molar-refractivity contribution >= 4 is 5.91 Å². The van der Waals surface area contributed by atoms with Crippen LogP contribution in [0.15, 0.2) is 0 Å². The van der Waals surface area contributed by atoms with Gasteiger partial charge >= 0.3 is 0 Å². The summed E-state index contributed by atoms with van der Waals surface area (Å²) in [6.45, 7) is 3.38. The molecule has 2 atom stereocenters. The van der Waals surface area contributed by atoms with Crippen LogP contribution in [0.4, 0.5) is 0 Å². The van der Waals surface area contributed by atoms with Gasteiger partial charge in [0.05, 0.1) is 0 Å². The van der Waals surface area contributed by atoms with Gasteiger partial charge in [0.2, 0.25) is 5.91 Å². The van der Waals surface area contributed by atoms with Gasteiger partial charge in [0.1, 0.15) is 0 Å². The van der Waals surface area contributed by atoms with E-state index in [9.17, 15) is 4.79 Å². The summed E-state index contributed by atoms with van der Waals surface area (Å²) in [5.74, 6) is 5.97. The van der Waals surface area contributed by atoms with Crippen molar-refractivity contribution < 1.29 is 4.79 Å². The van der Waals surface area contributed by atoms with Gasteiger partial charge in [0.25, 0.3) is 0 Å². The second-order valence-electron chi connectivity index (χ2n) is 3.74. The highest BCUT2D eigenvalue weighted by Gasteiger charge is 2.38. The van der Waals surface area contributed by atoms with E-state index in [4.69, 9.17) is 5.84 Å². The van der Waals surface area contributed by atoms with Crippen LogP contribution in [0.2, 0.25) is 0 Å². The van der Waals surface area contributed by atoms with Gasteiger partial charge in [-0.2, -0.15) is 0 Å². The normalized spacial score (nSPS) is 35.7. The summed E-state index contributed by atoms with van der Waals surface area (Å²) in [4.78, 5) is 13.1. The molecule has 2 aliphatic heterocycles. The smallest absolute Gasteiger partial charge is 0.219 e. The van der Waals surface area contributed by atoms with Crippen molar-refractivity contribution in [3.8, 4) is 0 Å². The maximum atomic E-state index is 11.2. The van der Waals surface area contributed by atoms with Crippen molar-refractivity contribution in [1.29, 1.82) is 0 Å². The van der Waals surface area contributed by atoms with E-state index in [1.807, 2.05) is 9.91 Å². The molecule has 0 aliphatic carbocycles. The number of carbonyl (C=O) groups excluding carboxylic acids is 1. The average molecular weight is 169 g/mol. The average Bonchev–Trinajstić information content (AvgIpc) is 2.28. The third kappa shape index (κ3) is 1.11. The monoisotopic (exact) mass is 169 g/mol. The topological polar surface area (TPSA) is 49.6 Å². The van der Waals surface area contributed by atoms with Gasteiger partial charge in [-0.1, -0.05) is 0 Å². The Morgan fingerprint density at radius 3 is 2.92 bits per heavy atom. The molecular formula is C8H15N3O. The highest BCUT2D eigenvalue weighted by Crippen LogP contribution is 2.27. The first-order chi connectivity index (χ1) is 5.68. The molecule has 2 aliphatic rings. The second kappa shape index (κ2) is 2.71. The molecule has 2 bridgehead atoms. The van der Waals surface area contributed by atoms with Gasteiger partial charge in [-0.05, 0) is 12.8 Å². The molecule has 0 saturated carbocycles. The van der Waals surface area contributed by atoms with Crippen molar-refractivity contribution in [3.05, 3.63) is 0 Å². The fourth-order valence-corrected chi connectivity index (χ4v) is 2.31. The van der Waals surface area contributed by atoms with Crippen LogP contribution in [-0.2, 0) is 4.79 Å². The summed E-state index contributed by atoms with van der Waals surface area (Å²) in [6.07, 6.45) is 2.10. The molecule has 0 radical (unpaired) electrons. The minimum absolute atomic E-state index is 0.189. The largest absolute Gasteiger partial charge is 0.338 e. The highest BCUT2D eigenvalue weighted by molar-refractivity contribution is 5.73. The Morgan fingerprint density at radius 1 is 1.50 bits per heavy atom. The van der Waals surface area contributed by atoms with E-state index in [2.05, 4.69) is 0 Å². The molecule has 4 nitrogen and oxygen atoms in total. The predicted octanol–water partition coefficient (Wildman–Crippen LogP) is -0.445. The summed E-state index contributed by atoms with van der Waals surface area (Å²) in [7, 11) is 0. The number of hydrazine groups is 1. The van der Waals surface area contributed by atoms with E-state index in [1.54, 1.807) is 6.92 Å². The minimum Gasteiger partial charge on any atom is -0.338 e. The van der Waals surface area contributed by atoms with E-state index in [1.165, 1.54) is 0 Å². The number of piperidine rings is 1. The maximum Gasteiger partial charge on any atom is 0.219 e. The van der Waals surface area contributed by atoms with Crippen molar-refractivity contribution in [2.24, 2.45) is 5.84 Å². The Bertz CT molecular complexity index is 204. The third-order valence-electron chi connectivity index (χ3n) is 2.98. The lowest BCUT2D eigenvalue weighted by molar-refractivity contribution is -0.131. The lowest BCUT2D eigenvalue weighted by Gasteiger charge is -2.31. The first kappa shape index (κ1) is 8.01. The molecule has 0 aromatic carbocycles. The quantitative estimate of drug-likeness (QED) is 0.500. The predicted molar refractivity (Wildman–Crippen MR) is 45.1 cm³/mol. The summed E-state index contributed by atoms with van der Waals surface area (Å²) in [6, 6.07) is 0.900. The second-order valence-corrected chi connectivity index (χ2v) is 3.74. The Kier molecular flexibility index (Phi) is 1.81. The van der Waals surface area contributed by atoms with Crippen molar-refractivity contribution in [3.63, 3.8) is 0 Å². The Morgan fingerprint density at radius 2 is 2.25 bits per heavy atom.